The van der Waals surface area contributed by atoms with Gasteiger partial charge < -0.3 is 10.5 Å². The fraction of sp³-hybridized carbons (Fsp3) is 0.455. The van der Waals surface area contributed by atoms with Gasteiger partial charge in [-0.15, -0.1) is 0 Å². The van der Waals surface area contributed by atoms with Crippen molar-refractivity contribution in [3.63, 3.8) is 0 Å². The van der Waals surface area contributed by atoms with Crippen molar-refractivity contribution in [3.8, 4) is 5.75 Å². The summed E-state index contributed by atoms with van der Waals surface area (Å²) in [6, 6.07) is 1.39. The van der Waals surface area contributed by atoms with E-state index in [0.29, 0.717) is 21.3 Å². The van der Waals surface area contributed by atoms with E-state index in [1.807, 2.05) is 13.8 Å². The van der Waals surface area contributed by atoms with Gasteiger partial charge in [0.25, 0.3) is 0 Å². The predicted molar refractivity (Wildman–Crippen MR) is 62.6 cm³/mol. The van der Waals surface area contributed by atoms with Gasteiger partial charge in [0.1, 0.15) is 11.6 Å². The second-order valence-corrected chi connectivity index (χ2v) is 4.95. The van der Waals surface area contributed by atoms with Crippen LogP contribution >= 0.6 is 15.9 Å². The first kappa shape index (κ1) is 12.5. The molecule has 4 heteroatoms. The van der Waals surface area contributed by atoms with Crippen molar-refractivity contribution in [1.82, 2.24) is 0 Å². The number of methoxy groups -OCH3 is 1. The van der Waals surface area contributed by atoms with Crippen LogP contribution in [-0.4, -0.2) is 7.11 Å². The minimum Gasteiger partial charge on any atom is -0.495 e. The Morgan fingerprint density at radius 2 is 2.00 bits per heavy atom. The van der Waals surface area contributed by atoms with Gasteiger partial charge in [-0.3, -0.25) is 0 Å². The Bertz CT molecular complexity index is 385. The van der Waals surface area contributed by atoms with E-state index in [1.165, 1.54) is 6.07 Å². The Balaban J connectivity index is 3.59. The monoisotopic (exact) mass is 275 g/mol. The molecule has 0 aliphatic heterocycles. The highest BCUT2D eigenvalue weighted by Gasteiger charge is 2.25. The molecule has 0 aromatic heterocycles. The average Bonchev–Trinajstić information content (AvgIpc) is 2.08. The van der Waals surface area contributed by atoms with E-state index in [2.05, 4.69) is 15.9 Å². The van der Waals surface area contributed by atoms with Crippen LogP contribution in [0.1, 0.15) is 25.0 Å². The standard InChI is InChI=1S/C11H15BrFNO/c1-6-8(13)5-7(12)10(15-4)9(6)11(2,3)14/h5H,14H2,1-4H3. The lowest BCUT2D eigenvalue weighted by atomic mass is 9.90. The molecule has 0 saturated carbocycles. The Labute approximate surface area is 97.7 Å². The molecule has 0 unspecified atom stereocenters. The van der Waals surface area contributed by atoms with Crippen LogP contribution in [0.5, 0.6) is 5.75 Å². The van der Waals surface area contributed by atoms with Crippen LogP contribution in [0.2, 0.25) is 0 Å². The molecule has 0 heterocycles. The lowest BCUT2D eigenvalue weighted by molar-refractivity contribution is 0.388. The molecule has 0 atom stereocenters. The fourth-order valence-electron chi connectivity index (χ4n) is 1.67. The van der Waals surface area contributed by atoms with Crippen LogP contribution in [-0.2, 0) is 5.54 Å². The topological polar surface area (TPSA) is 35.2 Å². The summed E-state index contributed by atoms with van der Waals surface area (Å²) in [4.78, 5) is 0. The molecule has 0 aliphatic carbocycles. The third-order valence-corrected chi connectivity index (χ3v) is 2.87. The van der Waals surface area contributed by atoms with E-state index < -0.39 is 5.54 Å². The van der Waals surface area contributed by atoms with Gasteiger partial charge in [-0.2, -0.15) is 0 Å². The van der Waals surface area contributed by atoms with Crippen LogP contribution < -0.4 is 10.5 Å². The largest absolute Gasteiger partial charge is 0.495 e. The third-order valence-electron chi connectivity index (χ3n) is 2.28. The minimum atomic E-state index is -0.639. The summed E-state index contributed by atoms with van der Waals surface area (Å²) in [6.45, 7) is 5.35. The van der Waals surface area contributed by atoms with Crippen molar-refractivity contribution in [3.05, 3.63) is 27.5 Å². The molecule has 1 aromatic carbocycles. The summed E-state index contributed by atoms with van der Waals surface area (Å²) in [7, 11) is 1.55. The van der Waals surface area contributed by atoms with Gasteiger partial charge in [0, 0.05) is 11.1 Å². The van der Waals surface area contributed by atoms with Crippen LogP contribution in [0.15, 0.2) is 10.5 Å². The maximum Gasteiger partial charge on any atom is 0.138 e. The second-order valence-electron chi connectivity index (χ2n) is 4.10. The van der Waals surface area contributed by atoms with Crippen LogP contribution in [0, 0.1) is 12.7 Å². The van der Waals surface area contributed by atoms with Crippen molar-refractivity contribution in [1.29, 1.82) is 0 Å². The molecular formula is C11H15BrFNO. The summed E-state index contributed by atoms with van der Waals surface area (Å²) in [6.07, 6.45) is 0. The van der Waals surface area contributed by atoms with Crippen molar-refractivity contribution >= 4 is 15.9 Å². The number of halogens is 2. The molecular weight excluding hydrogens is 261 g/mol. The summed E-state index contributed by atoms with van der Waals surface area (Å²) >= 11 is 3.26. The normalized spacial score (nSPS) is 11.7. The molecule has 0 aliphatic rings. The summed E-state index contributed by atoms with van der Waals surface area (Å²) < 4.78 is 19.4. The lowest BCUT2D eigenvalue weighted by Crippen LogP contribution is -2.30. The van der Waals surface area contributed by atoms with Gasteiger partial charge in [-0.05, 0) is 48.3 Å². The second kappa shape index (κ2) is 4.10. The third kappa shape index (κ3) is 2.32. The molecule has 1 aromatic rings. The molecule has 0 spiro atoms. The number of hydrogen-bond acceptors (Lipinski definition) is 2. The van der Waals surface area contributed by atoms with E-state index in [4.69, 9.17) is 10.5 Å². The van der Waals surface area contributed by atoms with E-state index in [1.54, 1.807) is 14.0 Å². The summed E-state index contributed by atoms with van der Waals surface area (Å²) in [5.74, 6) is 0.317. The maximum atomic E-state index is 13.5. The van der Waals surface area contributed by atoms with E-state index >= 15 is 0 Å². The highest BCUT2D eigenvalue weighted by Crippen LogP contribution is 2.38. The van der Waals surface area contributed by atoms with Crippen LogP contribution in [0.3, 0.4) is 0 Å². The quantitative estimate of drug-likeness (QED) is 0.900. The Morgan fingerprint density at radius 1 is 1.47 bits per heavy atom. The van der Waals surface area contributed by atoms with E-state index in [-0.39, 0.29) is 5.82 Å². The maximum absolute atomic E-state index is 13.5. The average molecular weight is 276 g/mol. The molecule has 0 saturated heterocycles. The number of ether oxygens (including phenoxy) is 1. The predicted octanol–water partition coefficient (Wildman–Crippen LogP) is 3.10. The van der Waals surface area contributed by atoms with Crippen LogP contribution in [0.4, 0.5) is 4.39 Å². The van der Waals surface area contributed by atoms with Crippen LogP contribution in [0.25, 0.3) is 0 Å². The summed E-state index contributed by atoms with van der Waals surface area (Å²) in [5, 5.41) is 0. The molecule has 15 heavy (non-hydrogen) atoms. The van der Waals surface area contributed by atoms with Crippen molar-refractivity contribution in [2.45, 2.75) is 26.3 Å². The molecule has 0 bridgehead atoms. The molecule has 2 N–H and O–H groups in total. The van der Waals surface area contributed by atoms with E-state index in [9.17, 15) is 4.39 Å². The van der Waals surface area contributed by atoms with Gasteiger partial charge in [-0.1, -0.05) is 0 Å². The first-order valence-corrected chi connectivity index (χ1v) is 5.40. The zero-order valence-electron chi connectivity index (χ0n) is 9.32. The molecule has 0 fully saturated rings. The zero-order valence-corrected chi connectivity index (χ0v) is 10.9. The lowest BCUT2D eigenvalue weighted by Gasteiger charge is -2.25. The Hall–Kier alpha value is -0.610. The van der Waals surface area contributed by atoms with Gasteiger partial charge in [0.2, 0.25) is 0 Å². The Morgan fingerprint density at radius 3 is 2.40 bits per heavy atom. The first-order valence-electron chi connectivity index (χ1n) is 4.61. The molecule has 1 rings (SSSR count). The number of nitrogens with two attached hydrogens (primary N) is 1. The number of benzene rings is 1. The Kier molecular flexibility index (Phi) is 3.41. The van der Waals surface area contributed by atoms with Gasteiger partial charge in [0.15, 0.2) is 0 Å². The smallest absolute Gasteiger partial charge is 0.138 e. The number of rotatable bonds is 2. The molecule has 2 nitrogen and oxygen atoms in total. The molecule has 0 radical (unpaired) electrons. The SMILES string of the molecule is COc1c(Br)cc(F)c(C)c1C(C)(C)N. The van der Waals surface area contributed by atoms with Crippen molar-refractivity contribution in [2.75, 3.05) is 7.11 Å². The van der Waals surface area contributed by atoms with Crippen molar-refractivity contribution in [2.24, 2.45) is 5.73 Å². The first-order chi connectivity index (χ1) is 6.79. The minimum absolute atomic E-state index is 0.281. The zero-order chi connectivity index (χ0) is 11.8. The van der Waals surface area contributed by atoms with Gasteiger partial charge in [-0.25, -0.2) is 4.39 Å². The fourth-order valence-corrected chi connectivity index (χ4v) is 2.23. The van der Waals surface area contributed by atoms with Gasteiger partial charge >= 0.3 is 0 Å². The molecule has 84 valence electrons. The number of hydrogen-bond donors (Lipinski definition) is 1. The highest BCUT2D eigenvalue weighted by molar-refractivity contribution is 9.10. The molecule has 0 amide bonds. The van der Waals surface area contributed by atoms with Crippen molar-refractivity contribution < 1.29 is 9.13 Å². The summed E-state index contributed by atoms with van der Waals surface area (Å²) in [5.41, 5.74) is 6.59. The highest BCUT2D eigenvalue weighted by atomic mass is 79.9. The van der Waals surface area contributed by atoms with Gasteiger partial charge in [0.05, 0.1) is 11.6 Å². The van der Waals surface area contributed by atoms with E-state index in [0.717, 1.165) is 0 Å².